The maximum absolute atomic E-state index is 12.6. The molecule has 0 spiro atoms. The highest BCUT2D eigenvalue weighted by atomic mass is 35.5. The molecule has 7 heteroatoms. The summed E-state index contributed by atoms with van der Waals surface area (Å²) in [6.07, 6.45) is 11.1. The van der Waals surface area contributed by atoms with E-state index in [1.54, 1.807) is 50.4 Å². The van der Waals surface area contributed by atoms with Crippen LogP contribution in [-0.4, -0.2) is 19.1 Å². The molecule has 0 saturated heterocycles. The quantitative estimate of drug-likeness (QED) is 0.223. The van der Waals surface area contributed by atoms with E-state index in [2.05, 4.69) is 29.7 Å². The molecule has 2 aromatic rings. The van der Waals surface area contributed by atoms with E-state index in [-0.39, 0.29) is 10.8 Å². The van der Waals surface area contributed by atoms with Crippen LogP contribution in [0.15, 0.2) is 78.8 Å². The van der Waals surface area contributed by atoms with Crippen molar-refractivity contribution in [2.45, 2.75) is 62.3 Å². The van der Waals surface area contributed by atoms with Gasteiger partial charge >= 0.3 is 5.69 Å². The van der Waals surface area contributed by atoms with Crippen LogP contribution >= 0.6 is 11.6 Å². The Morgan fingerprint density at radius 2 is 1.50 bits per heavy atom. The molecule has 0 aliphatic carbocycles. The maximum Gasteiger partial charge on any atom is 0.334 e. The van der Waals surface area contributed by atoms with Gasteiger partial charge in [0.15, 0.2) is 10.8 Å². The predicted octanol–water partition coefficient (Wildman–Crippen LogP) is 8.09. The Kier molecular flexibility index (Phi) is 22.6. The average molecular weight is 491 g/mol. The van der Waals surface area contributed by atoms with Crippen molar-refractivity contribution in [2.24, 2.45) is 7.05 Å². The van der Waals surface area contributed by atoms with Gasteiger partial charge in [0, 0.05) is 7.05 Å². The van der Waals surface area contributed by atoms with Crippen LogP contribution in [0.5, 0.6) is 0 Å². The van der Waals surface area contributed by atoms with Gasteiger partial charge in [0.25, 0.3) is 0 Å². The number of allylic oxidation sites excluding steroid dienone is 8. The first kappa shape index (κ1) is 35.5. The van der Waals surface area contributed by atoms with Crippen LogP contribution in [0.25, 0.3) is 16.9 Å². The third-order valence-corrected chi connectivity index (χ3v) is 3.77. The second-order valence-electron chi connectivity index (χ2n) is 5.20. The minimum Gasteiger partial charge on any atom is -0.462 e. The molecule has 0 N–H and O–H groups in total. The molecule has 0 saturated carbocycles. The van der Waals surface area contributed by atoms with Gasteiger partial charge in [0.1, 0.15) is 23.4 Å². The predicted molar refractivity (Wildman–Crippen MR) is 151 cm³/mol. The van der Waals surface area contributed by atoms with Crippen molar-refractivity contribution in [3.8, 4) is 0 Å². The van der Waals surface area contributed by atoms with Gasteiger partial charge in [-0.05, 0) is 37.3 Å². The number of fused-ring (bicyclic) bond motifs is 1. The van der Waals surface area contributed by atoms with Crippen LogP contribution in [0.3, 0.4) is 0 Å². The summed E-state index contributed by atoms with van der Waals surface area (Å²) in [4.78, 5) is 20.7. The smallest absolute Gasteiger partial charge is 0.334 e. The fourth-order valence-corrected chi connectivity index (χ4v) is 2.49. The van der Waals surface area contributed by atoms with E-state index < -0.39 is 0 Å². The molecule has 2 heterocycles. The summed E-state index contributed by atoms with van der Waals surface area (Å²) < 4.78 is 8.43. The number of hydrogen-bond acceptors (Lipinski definition) is 4. The fraction of sp³-hybridized carbons (Fsp3) is 0.370. The van der Waals surface area contributed by atoms with Crippen molar-refractivity contribution >= 4 is 28.5 Å². The number of hydrogen-bond donors (Lipinski definition) is 0. The van der Waals surface area contributed by atoms with Crippen molar-refractivity contribution in [1.29, 1.82) is 0 Å². The van der Waals surface area contributed by atoms with E-state index in [4.69, 9.17) is 16.3 Å². The van der Waals surface area contributed by atoms with E-state index in [1.165, 1.54) is 15.5 Å². The molecule has 0 radical (unpaired) electrons. The molecule has 34 heavy (non-hydrogen) atoms. The summed E-state index contributed by atoms with van der Waals surface area (Å²) in [5.41, 5.74) is 1.05. The topological polar surface area (TPSA) is 61.9 Å². The zero-order valence-corrected chi connectivity index (χ0v) is 23.4. The van der Waals surface area contributed by atoms with Crippen molar-refractivity contribution in [3.63, 3.8) is 0 Å². The largest absolute Gasteiger partial charge is 0.462 e. The summed E-state index contributed by atoms with van der Waals surface area (Å²) in [7, 11) is 1.62. The summed E-state index contributed by atoms with van der Waals surface area (Å²) in [6.45, 7) is 28.8. The van der Waals surface area contributed by atoms with Crippen LogP contribution in [0.2, 0.25) is 5.15 Å². The monoisotopic (exact) mass is 490 g/mol. The SMILES string of the molecule is C=C/C=C(\C=C)O/C(C)=C/C=C(\C=C)n1c(=O)n(C)c2ncnc(Cl)c21.CC.CC.CC.CC. The van der Waals surface area contributed by atoms with E-state index in [9.17, 15) is 4.79 Å². The summed E-state index contributed by atoms with van der Waals surface area (Å²) >= 11 is 6.18. The van der Waals surface area contributed by atoms with Gasteiger partial charge in [0.2, 0.25) is 0 Å². The Morgan fingerprint density at radius 3 is 1.97 bits per heavy atom. The number of aromatic nitrogens is 4. The van der Waals surface area contributed by atoms with Crippen LogP contribution in [0.1, 0.15) is 62.3 Å². The molecule has 2 aromatic heterocycles. The minimum atomic E-state index is -0.307. The fourth-order valence-electron chi connectivity index (χ4n) is 2.28. The summed E-state index contributed by atoms with van der Waals surface area (Å²) in [6, 6.07) is 0. The number of nitrogens with zero attached hydrogens (tertiary/aromatic N) is 4. The molecular formula is C27H43ClN4O2. The lowest BCUT2D eigenvalue weighted by Crippen LogP contribution is -2.21. The lowest BCUT2D eigenvalue weighted by molar-refractivity contribution is 0.323. The lowest BCUT2D eigenvalue weighted by atomic mass is 10.3. The molecule has 0 aliphatic rings. The van der Waals surface area contributed by atoms with E-state index in [1.807, 2.05) is 55.4 Å². The molecule has 0 fully saturated rings. The van der Waals surface area contributed by atoms with E-state index in [0.29, 0.717) is 28.4 Å². The molecule has 6 nitrogen and oxygen atoms in total. The zero-order chi connectivity index (χ0) is 27.3. The number of aryl methyl sites for hydroxylation is 1. The number of rotatable bonds is 7. The second kappa shape index (κ2) is 21.7. The molecule has 0 bridgehead atoms. The van der Waals surface area contributed by atoms with Crippen molar-refractivity contribution in [2.75, 3.05) is 0 Å². The van der Waals surface area contributed by atoms with Crippen molar-refractivity contribution in [3.05, 3.63) is 89.7 Å². The van der Waals surface area contributed by atoms with Crippen LogP contribution < -0.4 is 5.69 Å². The van der Waals surface area contributed by atoms with Crippen LogP contribution in [0, 0.1) is 0 Å². The minimum absolute atomic E-state index is 0.181. The van der Waals surface area contributed by atoms with Gasteiger partial charge in [-0.25, -0.2) is 14.8 Å². The first-order chi connectivity index (χ1) is 16.4. The van der Waals surface area contributed by atoms with Crippen molar-refractivity contribution < 1.29 is 4.74 Å². The molecule has 2 rings (SSSR count). The average Bonchev–Trinajstić information content (AvgIpc) is 3.15. The zero-order valence-electron chi connectivity index (χ0n) is 22.6. The molecule has 190 valence electrons. The Labute approximate surface area is 211 Å². The molecule has 0 unspecified atom stereocenters. The normalized spacial score (nSPS) is 10.6. The van der Waals surface area contributed by atoms with E-state index >= 15 is 0 Å². The number of halogens is 1. The van der Waals surface area contributed by atoms with Gasteiger partial charge < -0.3 is 4.74 Å². The third kappa shape index (κ3) is 10.2. The Balaban J connectivity index is -0.00000108. The first-order valence-corrected chi connectivity index (χ1v) is 12.0. The highest BCUT2D eigenvalue weighted by molar-refractivity contribution is 6.33. The second-order valence-corrected chi connectivity index (χ2v) is 5.56. The van der Waals surface area contributed by atoms with Crippen molar-refractivity contribution in [1.82, 2.24) is 19.1 Å². The maximum atomic E-state index is 12.6. The Morgan fingerprint density at radius 1 is 0.941 bits per heavy atom. The Bertz CT molecular complexity index is 1030. The van der Waals surface area contributed by atoms with Gasteiger partial charge in [0.05, 0.1) is 5.70 Å². The molecule has 0 aliphatic heterocycles. The third-order valence-electron chi connectivity index (χ3n) is 3.50. The summed E-state index contributed by atoms with van der Waals surface area (Å²) in [5.74, 6) is 1.15. The van der Waals surface area contributed by atoms with Gasteiger partial charge in [-0.2, -0.15) is 0 Å². The number of imidazole rings is 1. The van der Waals surface area contributed by atoms with Crippen LogP contribution in [-0.2, 0) is 11.8 Å². The standard InChI is InChI=1S/C19H19ClN4O2.4C2H6/c1-6-9-15(8-3)26-13(4)10-11-14(7-2)24-16-17(20)21-12-22-18(16)23(5)19(24)25;4*1-2/h6-12H,1-3H2,4-5H3;4*1-2H3/b13-10+,14-11+,15-9+;;;;. The van der Waals surface area contributed by atoms with Gasteiger partial charge in [-0.15, -0.1) is 0 Å². The molecular weight excluding hydrogens is 448 g/mol. The van der Waals surface area contributed by atoms with Crippen LogP contribution in [0.4, 0.5) is 0 Å². The highest BCUT2D eigenvalue weighted by Crippen LogP contribution is 2.21. The molecule has 0 aromatic carbocycles. The molecule has 0 amide bonds. The molecule has 0 atom stereocenters. The van der Waals surface area contributed by atoms with Gasteiger partial charge in [-0.3, -0.25) is 9.13 Å². The number of ether oxygens (including phenoxy) is 1. The highest BCUT2D eigenvalue weighted by Gasteiger charge is 2.17. The summed E-state index contributed by atoms with van der Waals surface area (Å²) in [5, 5.41) is 0.181. The first-order valence-electron chi connectivity index (χ1n) is 11.7. The lowest BCUT2D eigenvalue weighted by Gasteiger charge is -2.06. The van der Waals surface area contributed by atoms with Gasteiger partial charge in [-0.1, -0.05) is 92.8 Å². The van der Waals surface area contributed by atoms with E-state index in [0.717, 1.165) is 0 Å². The Hall–Kier alpha value is -3.12.